The van der Waals surface area contributed by atoms with E-state index in [4.69, 9.17) is 4.98 Å². The summed E-state index contributed by atoms with van der Waals surface area (Å²) in [4.78, 5) is 10.2. The lowest BCUT2D eigenvalue weighted by Crippen LogP contribution is -1.94. The number of hydrogen-bond acceptors (Lipinski definition) is 3. The standard InChI is InChI=1S/C14H18N2S/c1-9(2)12-13(10(3)4)17-14(16-12)11-5-7-15-8-6-11/h5-10H,1-4H3. The largest absolute Gasteiger partial charge is 0.265 e. The van der Waals surface area contributed by atoms with Crippen molar-refractivity contribution in [1.29, 1.82) is 0 Å². The number of hydrogen-bond donors (Lipinski definition) is 0. The Balaban J connectivity index is 2.48. The van der Waals surface area contributed by atoms with Gasteiger partial charge in [-0.15, -0.1) is 11.3 Å². The first-order chi connectivity index (χ1) is 8.09. The van der Waals surface area contributed by atoms with Crippen molar-refractivity contribution in [3.05, 3.63) is 35.1 Å². The summed E-state index contributed by atoms with van der Waals surface area (Å²) in [6.07, 6.45) is 3.64. The van der Waals surface area contributed by atoms with Crippen LogP contribution < -0.4 is 0 Å². The maximum atomic E-state index is 4.79. The molecule has 0 radical (unpaired) electrons. The van der Waals surface area contributed by atoms with Gasteiger partial charge in [0.1, 0.15) is 5.01 Å². The van der Waals surface area contributed by atoms with Crippen LogP contribution in [-0.2, 0) is 0 Å². The fourth-order valence-electron chi connectivity index (χ4n) is 1.79. The average Bonchev–Trinajstić information content (AvgIpc) is 2.75. The summed E-state index contributed by atoms with van der Waals surface area (Å²) in [7, 11) is 0. The van der Waals surface area contributed by atoms with E-state index in [1.807, 2.05) is 35.9 Å². The van der Waals surface area contributed by atoms with Gasteiger partial charge in [0.15, 0.2) is 0 Å². The molecule has 0 amide bonds. The Hall–Kier alpha value is -1.22. The molecule has 0 unspecified atom stereocenters. The van der Waals surface area contributed by atoms with Crippen LogP contribution in [0.15, 0.2) is 24.5 Å². The zero-order chi connectivity index (χ0) is 12.4. The van der Waals surface area contributed by atoms with E-state index in [0.717, 1.165) is 5.01 Å². The van der Waals surface area contributed by atoms with Crippen molar-refractivity contribution in [1.82, 2.24) is 9.97 Å². The second kappa shape index (κ2) is 4.96. The molecule has 0 aliphatic heterocycles. The Bertz CT molecular complexity index is 461. The van der Waals surface area contributed by atoms with Crippen molar-refractivity contribution in [2.75, 3.05) is 0 Å². The lowest BCUT2D eigenvalue weighted by atomic mass is 10.0. The summed E-state index contributed by atoms with van der Waals surface area (Å²) in [5, 5.41) is 1.11. The minimum absolute atomic E-state index is 0.485. The maximum absolute atomic E-state index is 4.79. The Morgan fingerprint density at radius 3 is 2.12 bits per heavy atom. The molecule has 0 saturated carbocycles. The molecule has 2 rings (SSSR count). The first-order valence-corrected chi connectivity index (χ1v) is 6.82. The van der Waals surface area contributed by atoms with Crippen LogP contribution in [0.3, 0.4) is 0 Å². The van der Waals surface area contributed by atoms with E-state index in [2.05, 4.69) is 32.7 Å². The molecule has 0 fully saturated rings. The lowest BCUT2D eigenvalue weighted by Gasteiger charge is -2.07. The third kappa shape index (κ3) is 2.55. The molecular formula is C14H18N2S. The highest BCUT2D eigenvalue weighted by Crippen LogP contribution is 2.35. The topological polar surface area (TPSA) is 25.8 Å². The van der Waals surface area contributed by atoms with Crippen LogP contribution in [-0.4, -0.2) is 9.97 Å². The summed E-state index contributed by atoms with van der Waals surface area (Å²) in [5.74, 6) is 1.03. The Morgan fingerprint density at radius 2 is 1.65 bits per heavy atom. The van der Waals surface area contributed by atoms with Gasteiger partial charge >= 0.3 is 0 Å². The molecule has 0 spiro atoms. The molecule has 90 valence electrons. The van der Waals surface area contributed by atoms with Crippen LogP contribution in [0.2, 0.25) is 0 Å². The van der Waals surface area contributed by atoms with Gasteiger partial charge < -0.3 is 0 Å². The summed E-state index contributed by atoms with van der Waals surface area (Å²) in [6, 6.07) is 4.04. The van der Waals surface area contributed by atoms with Crippen LogP contribution in [0.4, 0.5) is 0 Å². The van der Waals surface area contributed by atoms with Gasteiger partial charge in [-0.3, -0.25) is 4.98 Å². The fraction of sp³-hybridized carbons (Fsp3) is 0.429. The van der Waals surface area contributed by atoms with E-state index >= 15 is 0 Å². The molecule has 2 heterocycles. The van der Waals surface area contributed by atoms with Crippen LogP contribution in [0, 0.1) is 0 Å². The molecule has 2 aromatic rings. The Morgan fingerprint density at radius 1 is 1.00 bits per heavy atom. The molecule has 3 heteroatoms. The van der Waals surface area contributed by atoms with E-state index in [0.29, 0.717) is 11.8 Å². The molecule has 17 heavy (non-hydrogen) atoms. The summed E-state index contributed by atoms with van der Waals surface area (Å²) < 4.78 is 0. The monoisotopic (exact) mass is 246 g/mol. The first-order valence-electron chi connectivity index (χ1n) is 6.00. The predicted octanol–water partition coefficient (Wildman–Crippen LogP) is 4.45. The number of rotatable bonds is 3. The smallest absolute Gasteiger partial charge is 0.124 e. The summed E-state index contributed by atoms with van der Waals surface area (Å²) in [6.45, 7) is 8.87. The van der Waals surface area contributed by atoms with Crippen molar-refractivity contribution < 1.29 is 0 Å². The highest BCUT2D eigenvalue weighted by Gasteiger charge is 2.17. The molecular weight excluding hydrogens is 228 g/mol. The summed E-state index contributed by atoms with van der Waals surface area (Å²) >= 11 is 1.81. The number of thiazole rings is 1. The van der Waals surface area contributed by atoms with Crippen LogP contribution in [0.1, 0.15) is 50.1 Å². The minimum Gasteiger partial charge on any atom is -0.265 e. The van der Waals surface area contributed by atoms with Crippen molar-refractivity contribution >= 4 is 11.3 Å². The molecule has 0 aliphatic rings. The molecule has 0 N–H and O–H groups in total. The van der Waals surface area contributed by atoms with Gasteiger partial charge in [-0.2, -0.15) is 0 Å². The first kappa shape index (κ1) is 12.2. The SMILES string of the molecule is CC(C)c1nc(-c2ccncc2)sc1C(C)C. The predicted molar refractivity (Wildman–Crippen MR) is 73.5 cm³/mol. The number of pyridine rings is 1. The van der Waals surface area contributed by atoms with Gasteiger partial charge in [0, 0.05) is 22.8 Å². The quantitative estimate of drug-likeness (QED) is 0.799. The Labute approximate surface area is 107 Å². The molecule has 0 aliphatic carbocycles. The second-order valence-electron chi connectivity index (χ2n) is 4.81. The zero-order valence-corrected chi connectivity index (χ0v) is 11.6. The fourth-order valence-corrected chi connectivity index (χ4v) is 3.02. The van der Waals surface area contributed by atoms with Gasteiger partial charge in [0.05, 0.1) is 5.69 Å². The van der Waals surface area contributed by atoms with Crippen LogP contribution in [0.5, 0.6) is 0 Å². The third-order valence-corrected chi connectivity index (χ3v) is 4.10. The van der Waals surface area contributed by atoms with Gasteiger partial charge in [0.25, 0.3) is 0 Å². The molecule has 0 atom stereocenters. The third-order valence-electron chi connectivity index (χ3n) is 2.68. The van der Waals surface area contributed by atoms with E-state index < -0.39 is 0 Å². The van der Waals surface area contributed by atoms with E-state index in [9.17, 15) is 0 Å². The molecule has 2 aromatic heterocycles. The maximum Gasteiger partial charge on any atom is 0.124 e. The molecule has 2 nitrogen and oxygen atoms in total. The summed E-state index contributed by atoms with van der Waals surface area (Å²) in [5.41, 5.74) is 2.41. The van der Waals surface area contributed by atoms with Gasteiger partial charge in [0.2, 0.25) is 0 Å². The molecule has 0 saturated heterocycles. The lowest BCUT2D eigenvalue weighted by molar-refractivity contribution is 0.781. The number of nitrogens with zero attached hydrogens (tertiary/aromatic N) is 2. The van der Waals surface area contributed by atoms with Gasteiger partial charge in [-0.1, -0.05) is 27.7 Å². The normalized spacial score (nSPS) is 11.4. The van der Waals surface area contributed by atoms with Crippen molar-refractivity contribution in [2.45, 2.75) is 39.5 Å². The highest BCUT2D eigenvalue weighted by molar-refractivity contribution is 7.15. The minimum atomic E-state index is 0.485. The van der Waals surface area contributed by atoms with Crippen LogP contribution in [0.25, 0.3) is 10.6 Å². The van der Waals surface area contributed by atoms with E-state index in [1.165, 1.54) is 16.1 Å². The van der Waals surface area contributed by atoms with Crippen molar-refractivity contribution in [3.63, 3.8) is 0 Å². The van der Waals surface area contributed by atoms with Gasteiger partial charge in [-0.05, 0) is 24.0 Å². The molecule has 0 aromatic carbocycles. The van der Waals surface area contributed by atoms with E-state index in [1.54, 1.807) is 0 Å². The zero-order valence-electron chi connectivity index (χ0n) is 10.8. The van der Waals surface area contributed by atoms with Crippen LogP contribution >= 0.6 is 11.3 Å². The highest BCUT2D eigenvalue weighted by atomic mass is 32.1. The van der Waals surface area contributed by atoms with Gasteiger partial charge in [-0.25, -0.2) is 4.98 Å². The Kier molecular flexibility index (Phi) is 3.57. The number of aromatic nitrogens is 2. The van der Waals surface area contributed by atoms with Crippen molar-refractivity contribution in [3.8, 4) is 10.6 Å². The van der Waals surface area contributed by atoms with E-state index in [-0.39, 0.29) is 0 Å². The average molecular weight is 246 g/mol. The molecule has 0 bridgehead atoms. The second-order valence-corrected chi connectivity index (χ2v) is 5.84. The van der Waals surface area contributed by atoms with Crippen molar-refractivity contribution in [2.24, 2.45) is 0 Å².